The van der Waals surface area contributed by atoms with Crippen molar-refractivity contribution in [3.05, 3.63) is 54.1 Å². The zero-order valence-electron chi connectivity index (χ0n) is 22.9. The van der Waals surface area contributed by atoms with E-state index < -0.39 is 20.1 Å². The molecular formula is C27H40IN7O2S. The number of pyridine rings is 1. The van der Waals surface area contributed by atoms with Crippen LogP contribution in [0, 0.1) is 2.88 Å². The maximum absolute atomic E-state index is 13.2. The Bertz CT molecular complexity index is 1100. The Morgan fingerprint density at radius 1 is 1.37 bits per heavy atom. The summed E-state index contributed by atoms with van der Waals surface area (Å²) in [4.78, 5) is 22.6. The van der Waals surface area contributed by atoms with Gasteiger partial charge >= 0.3 is 182 Å². The molecule has 2 aromatic rings. The van der Waals surface area contributed by atoms with Crippen LogP contribution in [0.3, 0.4) is 0 Å². The second-order valence-corrected chi connectivity index (χ2v) is 15.6. The normalized spacial score (nSPS) is 18.7. The Morgan fingerprint density at radius 2 is 2.16 bits per heavy atom. The predicted molar refractivity (Wildman–Crippen MR) is 165 cm³/mol. The molecule has 2 aromatic heterocycles. The minimum atomic E-state index is -1.44. The van der Waals surface area contributed by atoms with Gasteiger partial charge in [-0.15, -0.1) is 0 Å². The first-order valence-electron chi connectivity index (χ1n) is 13.2. The van der Waals surface area contributed by atoms with Gasteiger partial charge in [0.05, 0.1) is 0 Å². The number of hydrazone groups is 1. The number of carbonyl (C=O) groups is 1. The van der Waals surface area contributed by atoms with Gasteiger partial charge in [-0.25, -0.2) is 0 Å². The van der Waals surface area contributed by atoms with Gasteiger partial charge in [0.1, 0.15) is 0 Å². The van der Waals surface area contributed by atoms with E-state index in [9.17, 15) is 4.79 Å². The van der Waals surface area contributed by atoms with Crippen LogP contribution in [-0.2, 0) is 4.74 Å². The molecule has 9 nitrogen and oxygen atoms in total. The standard InChI is InChI=1S/C27H40IN7O2S/c1-6-33(7-2)21(4)16-29-27(36)22-13-24(32-26(14-22)34-17-23(18-34)37-5)20(3)15-31-35-11-10-28(30-19-35)25-9-8-12-38-25/h8-15,20-21,23,30H,6-7,16-19H2,1-5H3,(H,29,36)/b31-15-/t20?,21-/m0/s1. The summed E-state index contributed by atoms with van der Waals surface area (Å²) in [5.41, 5.74) is 1.46. The molecule has 11 heteroatoms. The van der Waals surface area contributed by atoms with Crippen molar-refractivity contribution in [1.82, 2.24) is 23.7 Å². The molecule has 2 aliphatic rings. The number of amides is 1. The van der Waals surface area contributed by atoms with E-state index in [-0.39, 0.29) is 24.0 Å². The van der Waals surface area contributed by atoms with Crippen LogP contribution in [0.1, 0.15) is 49.7 Å². The van der Waals surface area contributed by atoms with Gasteiger partial charge in [0.25, 0.3) is 0 Å². The van der Waals surface area contributed by atoms with Gasteiger partial charge in [0.15, 0.2) is 0 Å². The molecule has 38 heavy (non-hydrogen) atoms. The Balaban J connectivity index is 1.45. The van der Waals surface area contributed by atoms with Crippen molar-refractivity contribution in [2.45, 2.75) is 45.8 Å². The van der Waals surface area contributed by atoms with Crippen LogP contribution in [0.25, 0.3) is 0 Å². The second kappa shape index (κ2) is 13.8. The molecule has 1 fully saturated rings. The Kier molecular flexibility index (Phi) is 10.5. The number of hydrogen-bond donors (Lipinski definition) is 2. The number of likely N-dealkylation sites (N-methyl/N-ethyl adjacent to an activating group) is 1. The molecule has 0 saturated carbocycles. The molecule has 1 saturated heterocycles. The van der Waals surface area contributed by atoms with E-state index in [4.69, 9.17) is 9.72 Å². The fourth-order valence-electron chi connectivity index (χ4n) is 4.34. The zero-order valence-corrected chi connectivity index (χ0v) is 25.9. The van der Waals surface area contributed by atoms with Crippen molar-refractivity contribution >= 4 is 49.4 Å². The third kappa shape index (κ3) is 7.32. The topological polar surface area (TPSA) is 85.3 Å². The Labute approximate surface area is 238 Å². The average molecular weight is 654 g/mol. The van der Waals surface area contributed by atoms with Crippen LogP contribution in [0.15, 0.2) is 45.0 Å². The summed E-state index contributed by atoms with van der Waals surface area (Å²) in [5.74, 6) is 0.677. The van der Waals surface area contributed by atoms with Gasteiger partial charge < -0.3 is 4.74 Å². The number of anilines is 1. The summed E-state index contributed by atoms with van der Waals surface area (Å²) >= 11 is 0.372. The number of hydrogen-bond acceptors (Lipinski definition) is 9. The number of carbonyl (C=O) groups excluding carboxylic acids is 1. The quantitative estimate of drug-likeness (QED) is 0.202. The van der Waals surface area contributed by atoms with E-state index in [0.29, 0.717) is 18.8 Å². The molecule has 2 N–H and O–H groups in total. The van der Waals surface area contributed by atoms with Gasteiger partial charge in [0, 0.05) is 13.2 Å². The predicted octanol–water partition coefficient (Wildman–Crippen LogP) is 4.15. The molecule has 4 heterocycles. The van der Waals surface area contributed by atoms with Gasteiger partial charge in [-0.05, 0) is 20.0 Å². The van der Waals surface area contributed by atoms with E-state index in [1.807, 2.05) is 34.7 Å². The molecule has 0 spiro atoms. The fraction of sp³-hybridized carbons (Fsp3) is 0.519. The fourth-order valence-corrected chi connectivity index (χ4v) is 9.85. The van der Waals surface area contributed by atoms with Crippen molar-refractivity contribution in [2.24, 2.45) is 5.10 Å². The molecule has 1 unspecified atom stereocenters. The molecule has 2 atom stereocenters. The summed E-state index contributed by atoms with van der Waals surface area (Å²) in [7, 11) is 1.73. The van der Waals surface area contributed by atoms with Crippen LogP contribution in [-0.4, -0.2) is 85.7 Å². The van der Waals surface area contributed by atoms with E-state index in [2.05, 4.69) is 79.2 Å². The first-order chi connectivity index (χ1) is 18.4. The minimum absolute atomic E-state index is 0.0576. The van der Waals surface area contributed by atoms with Crippen molar-refractivity contribution in [3.8, 4) is 0 Å². The molecule has 0 bridgehead atoms. The average Bonchev–Trinajstić information content (AvgIpc) is 3.46. The molecule has 4 rings (SSSR count). The molecule has 0 radical (unpaired) electrons. The molecule has 0 aromatic carbocycles. The third-order valence-corrected chi connectivity index (χ3v) is 13.1. The number of methoxy groups -OCH3 is 1. The number of thiophene rings is 1. The van der Waals surface area contributed by atoms with Gasteiger partial charge in [-0.1, -0.05) is 13.8 Å². The van der Waals surface area contributed by atoms with Crippen LogP contribution in [0.2, 0.25) is 0 Å². The molecule has 208 valence electrons. The van der Waals surface area contributed by atoms with Crippen LogP contribution in [0.5, 0.6) is 0 Å². The number of ether oxygens (including phenoxy) is 1. The van der Waals surface area contributed by atoms with Crippen molar-refractivity contribution < 1.29 is 9.53 Å². The SMILES string of the molecule is CCN(CC)[C@@H](C)CNC(=O)c1cc(C(C)/C=N\N2C=CI(c3cccs3)NC2)nc(N2CC(OC)C2)c1. The van der Waals surface area contributed by atoms with Crippen molar-refractivity contribution in [3.63, 3.8) is 0 Å². The molecule has 0 aliphatic carbocycles. The summed E-state index contributed by atoms with van der Waals surface area (Å²) in [6.45, 7) is 13.3. The second-order valence-electron chi connectivity index (χ2n) is 9.47. The summed E-state index contributed by atoms with van der Waals surface area (Å²) in [5, 5.41) is 11.9. The van der Waals surface area contributed by atoms with Crippen molar-refractivity contribution in [1.29, 1.82) is 0 Å². The van der Waals surface area contributed by atoms with E-state index >= 15 is 0 Å². The third-order valence-electron chi connectivity index (χ3n) is 6.91. The first-order valence-corrected chi connectivity index (χ1v) is 17.5. The van der Waals surface area contributed by atoms with E-state index in [1.54, 1.807) is 7.11 Å². The van der Waals surface area contributed by atoms with Gasteiger partial charge in [-0.2, -0.15) is 0 Å². The first kappa shape index (κ1) is 28.9. The summed E-state index contributed by atoms with van der Waals surface area (Å²) < 4.78 is 12.8. The Hall–Kier alpha value is -2.06. The monoisotopic (exact) mass is 653 g/mol. The van der Waals surface area contributed by atoms with E-state index in [0.717, 1.165) is 37.7 Å². The molecule has 2 aliphatic heterocycles. The summed E-state index contributed by atoms with van der Waals surface area (Å²) in [6.07, 6.45) is 4.19. The number of halogens is 1. The van der Waals surface area contributed by atoms with Crippen LogP contribution in [0.4, 0.5) is 5.82 Å². The summed E-state index contributed by atoms with van der Waals surface area (Å²) in [6, 6.07) is 8.38. The Morgan fingerprint density at radius 3 is 2.79 bits per heavy atom. The van der Waals surface area contributed by atoms with Gasteiger partial charge in [0.2, 0.25) is 0 Å². The van der Waals surface area contributed by atoms with Gasteiger partial charge in [-0.3, -0.25) is 4.90 Å². The number of nitrogens with one attached hydrogen (secondary N) is 2. The molecule has 1 amide bonds. The van der Waals surface area contributed by atoms with Crippen molar-refractivity contribution in [2.75, 3.05) is 51.4 Å². The van der Waals surface area contributed by atoms with Crippen LogP contribution >= 0.6 is 31.4 Å². The number of aromatic nitrogens is 1. The molecular weight excluding hydrogens is 613 g/mol. The number of rotatable bonds is 12. The number of nitrogens with zero attached hydrogens (tertiary/aromatic N) is 5. The van der Waals surface area contributed by atoms with Crippen LogP contribution < -0.4 is 13.7 Å². The van der Waals surface area contributed by atoms with E-state index in [1.165, 1.54) is 2.88 Å². The zero-order chi connectivity index (χ0) is 27.1. The maximum atomic E-state index is 13.2.